The van der Waals surface area contributed by atoms with Gasteiger partial charge in [-0.2, -0.15) is 18.3 Å². The van der Waals surface area contributed by atoms with Crippen LogP contribution < -0.4 is 10.6 Å². The van der Waals surface area contributed by atoms with Crippen LogP contribution in [-0.2, 0) is 12.0 Å². The highest BCUT2D eigenvalue weighted by molar-refractivity contribution is 5.93. The monoisotopic (exact) mass is 461 g/mol. The van der Waals surface area contributed by atoms with Crippen molar-refractivity contribution in [1.82, 2.24) is 25.4 Å². The number of pyridine rings is 1. The molecule has 2 rings (SSSR count). The molecule has 178 valence electrons. The fraction of sp³-hybridized carbons (Fsp3) is 0.375. The highest BCUT2D eigenvalue weighted by Gasteiger charge is 2.35. The van der Waals surface area contributed by atoms with E-state index in [1.807, 2.05) is 20.8 Å². The molecule has 2 heterocycles. The van der Waals surface area contributed by atoms with Crippen molar-refractivity contribution in [2.45, 2.75) is 45.3 Å². The number of halogens is 3. The summed E-state index contributed by atoms with van der Waals surface area (Å²) in [5, 5.41) is 9.86. The predicted octanol–water partition coefficient (Wildman–Crippen LogP) is 4.80. The molecule has 0 aromatic carbocycles. The van der Waals surface area contributed by atoms with Crippen LogP contribution in [0, 0.1) is 0 Å². The molecule has 2 N–H and O–H groups in total. The molecular weight excluding hydrogens is 431 g/mol. The van der Waals surface area contributed by atoms with Crippen molar-refractivity contribution in [1.29, 1.82) is 0 Å². The number of hydrogen-bond acceptors (Lipinski definition) is 4. The summed E-state index contributed by atoms with van der Waals surface area (Å²) in [6.07, 6.45) is 0.687. The van der Waals surface area contributed by atoms with E-state index in [1.54, 1.807) is 24.0 Å². The van der Waals surface area contributed by atoms with Gasteiger partial charge in [0.1, 0.15) is 0 Å². The molecule has 0 aliphatic carbocycles. The molecule has 2 aromatic heterocycles. The predicted molar refractivity (Wildman–Crippen MR) is 125 cm³/mol. The molecule has 0 aliphatic rings. The number of aryl methyl sites for hydroxylation is 1. The van der Waals surface area contributed by atoms with Gasteiger partial charge in [0, 0.05) is 42.3 Å². The van der Waals surface area contributed by atoms with E-state index in [4.69, 9.17) is 0 Å². The lowest BCUT2D eigenvalue weighted by Gasteiger charge is -2.18. The van der Waals surface area contributed by atoms with Gasteiger partial charge in [-0.1, -0.05) is 25.8 Å². The van der Waals surface area contributed by atoms with Gasteiger partial charge in [0.05, 0.1) is 28.6 Å². The molecule has 33 heavy (non-hydrogen) atoms. The molecule has 9 heteroatoms. The molecule has 0 bridgehead atoms. The van der Waals surface area contributed by atoms with Gasteiger partial charge in [-0.25, -0.2) is 0 Å². The number of hydrogen-bond donors (Lipinski definition) is 2. The zero-order valence-electron chi connectivity index (χ0n) is 19.4. The van der Waals surface area contributed by atoms with E-state index in [-0.39, 0.29) is 22.7 Å². The van der Waals surface area contributed by atoms with E-state index in [9.17, 15) is 18.0 Å². The second-order valence-electron chi connectivity index (χ2n) is 8.54. The van der Waals surface area contributed by atoms with Crippen LogP contribution in [0.4, 0.5) is 13.2 Å². The Hall–Kier alpha value is -3.36. The highest BCUT2D eigenvalue weighted by atomic mass is 19.4. The maximum atomic E-state index is 13.4. The maximum Gasteiger partial charge on any atom is 0.417 e. The minimum atomic E-state index is -4.63. The number of rotatable bonds is 9. The minimum Gasteiger partial charge on any atom is -0.388 e. The van der Waals surface area contributed by atoms with Gasteiger partial charge in [0.15, 0.2) is 0 Å². The van der Waals surface area contributed by atoms with Crippen molar-refractivity contribution in [2.24, 2.45) is 0 Å². The summed E-state index contributed by atoms with van der Waals surface area (Å²) in [5.74, 6) is -0.268. The van der Waals surface area contributed by atoms with Crippen molar-refractivity contribution < 1.29 is 18.0 Å². The average molecular weight is 462 g/mol. The van der Waals surface area contributed by atoms with Gasteiger partial charge >= 0.3 is 6.18 Å². The number of carbonyl (C=O) groups is 1. The first-order chi connectivity index (χ1) is 15.3. The van der Waals surface area contributed by atoms with Crippen molar-refractivity contribution in [2.75, 3.05) is 13.6 Å². The molecule has 1 amide bonds. The third-order valence-electron chi connectivity index (χ3n) is 5.00. The normalized spacial score (nSPS) is 11.7. The van der Waals surface area contributed by atoms with Crippen molar-refractivity contribution in [3.8, 4) is 0 Å². The van der Waals surface area contributed by atoms with Crippen LogP contribution in [0.1, 0.15) is 60.1 Å². The third-order valence-corrected chi connectivity index (χ3v) is 5.00. The molecule has 0 aliphatic heterocycles. The molecule has 6 nitrogen and oxygen atoms in total. The first kappa shape index (κ1) is 25.9. The lowest BCUT2D eigenvalue weighted by Crippen LogP contribution is -2.25. The van der Waals surface area contributed by atoms with Gasteiger partial charge in [-0.15, -0.1) is 0 Å². The van der Waals surface area contributed by atoms with Gasteiger partial charge in [-0.05, 0) is 39.7 Å². The number of amides is 1. The van der Waals surface area contributed by atoms with Crippen LogP contribution in [0.25, 0.3) is 17.3 Å². The number of carbonyl (C=O) groups excluding carboxylic acids is 1. The van der Waals surface area contributed by atoms with Crippen LogP contribution in [0.3, 0.4) is 0 Å². The Labute approximate surface area is 192 Å². The molecule has 0 spiro atoms. The lowest BCUT2D eigenvalue weighted by atomic mass is 9.97. The van der Waals surface area contributed by atoms with E-state index in [0.29, 0.717) is 41.9 Å². The molecule has 0 unspecified atom stereocenters. The summed E-state index contributed by atoms with van der Waals surface area (Å²) in [6, 6.07) is 1.68. The number of nitrogens with zero attached hydrogens (tertiary/aromatic N) is 3. The van der Waals surface area contributed by atoms with Gasteiger partial charge in [0.2, 0.25) is 0 Å². The van der Waals surface area contributed by atoms with Crippen molar-refractivity contribution in [3.63, 3.8) is 0 Å². The van der Waals surface area contributed by atoms with Crippen LogP contribution in [-0.4, -0.2) is 40.4 Å². The van der Waals surface area contributed by atoms with Crippen LogP contribution in [0.15, 0.2) is 38.2 Å². The fourth-order valence-corrected chi connectivity index (χ4v) is 3.07. The Morgan fingerprint density at radius 2 is 1.91 bits per heavy atom. The first-order valence-corrected chi connectivity index (χ1v) is 10.4. The van der Waals surface area contributed by atoms with Crippen LogP contribution >= 0.6 is 0 Å². The number of allylic oxidation sites excluding steroid dienone is 1. The number of nitrogens with one attached hydrogen (secondary N) is 2. The number of aromatic nitrogens is 3. The molecule has 0 atom stereocenters. The zero-order valence-corrected chi connectivity index (χ0v) is 19.4. The van der Waals surface area contributed by atoms with E-state index >= 15 is 0 Å². The largest absolute Gasteiger partial charge is 0.417 e. The van der Waals surface area contributed by atoms with E-state index in [0.717, 1.165) is 0 Å². The molecule has 0 saturated carbocycles. The molecule has 0 radical (unpaired) electrons. The minimum absolute atomic E-state index is 0.213. The SMILES string of the molecule is C=Cc1c(C(=C)NC)cc(CCCNC(=O)c2cnn(C(C)(C)C)c2)nc1C(=C)C(F)(F)F. The number of alkyl halides is 3. The quantitative estimate of drug-likeness (QED) is 0.526. The van der Waals surface area contributed by atoms with Crippen LogP contribution in [0.2, 0.25) is 0 Å². The summed E-state index contributed by atoms with van der Waals surface area (Å²) in [6.45, 7) is 16.9. The Bertz CT molecular complexity index is 1060. The molecular formula is C24H30F3N5O. The summed E-state index contributed by atoms with van der Waals surface area (Å²) < 4.78 is 41.8. The molecule has 2 aromatic rings. The Kier molecular flexibility index (Phi) is 7.89. The summed E-state index contributed by atoms with van der Waals surface area (Å²) >= 11 is 0. The second kappa shape index (κ2) is 10.1. The summed E-state index contributed by atoms with van der Waals surface area (Å²) in [5.41, 5.74) is 0.426. The lowest BCUT2D eigenvalue weighted by molar-refractivity contribution is -0.0689. The van der Waals surface area contributed by atoms with E-state index < -0.39 is 11.7 Å². The standard InChI is InChI=1S/C24H30F3N5O/c1-8-19-20(16(3)28-7)12-18(31-21(19)15(2)24(25,26)27)10-9-11-29-22(33)17-13-30-32(14-17)23(4,5)6/h8,12-14,28H,1-3,9-11H2,4-7H3,(H,29,33). The highest BCUT2D eigenvalue weighted by Crippen LogP contribution is 2.35. The Morgan fingerprint density at radius 3 is 2.42 bits per heavy atom. The fourth-order valence-electron chi connectivity index (χ4n) is 3.07. The summed E-state index contributed by atoms with van der Waals surface area (Å²) in [4.78, 5) is 16.6. The van der Waals surface area contributed by atoms with Crippen molar-refractivity contribution in [3.05, 3.63) is 66.3 Å². The van der Waals surface area contributed by atoms with Crippen LogP contribution in [0.5, 0.6) is 0 Å². The van der Waals surface area contributed by atoms with Gasteiger partial charge in [0.25, 0.3) is 5.91 Å². The van der Waals surface area contributed by atoms with E-state index in [1.165, 1.54) is 12.3 Å². The maximum absolute atomic E-state index is 13.4. The molecule has 0 fully saturated rings. The summed E-state index contributed by atoms with van der Waals surface area (Å²) in [7, 11) is 1.63. The Morgan fingerprint density at radius 1 is 1.24 bits per heavy atom. The first-order valence-electron chi connectivity index (χ1n) is 10.4. The van der Waals surface area contributed by atoms with Gasteiger partial charge in [-0.3, -0.25) is 14.5 Å². The van der Waals surface area contributed by atoms with E-state index in [2.05, 4.69) is 40.5 Å². The second-order valence-corrected chi connectivity index (χ2v) is 8.54. The zero-order chi connectivity index (χ0) is 25.0. The smallest absolute Gasteiger partial charge is 0.388 e. The topological polar surface area (TPSA) is 71.8 Å². The Balaban J connectivity index is 2.16. The molecule has 0 saturated heterocycles. The van der Waals surface area contributed by atoms with Gasteiger partial charge < -0.3 is 10.6 Å². The van der Waals surface area contributed by atoms with Crippen molar-refractivity contribution >= 4 is 23.3 Å². The average Bonchev–Trinajstić information content (AvgIpc) is 3.25. The third kappa shape index (κ3) is 6.34.